The van der Waals surface area contributed by atoms with Gasteiger partial charge in [0.25, 0.3) is 0 Å². The lowest BCUT2D eigenvalue weighted by Crippen LogP contribution is -2.42. The minimum atomic E-state index is -0.628. The Bertz CT molecular complexity index is 946. The van der Waals surface area contributed by atoms with Crippen LogP contribution in [0, 0.1) is 17.3 Å². The molecule has 0 aromatic heterocycles. The molecule has 33 heavy (non-hydrogen) atoms. The van der Waals surface area contributed by atoms with E-state index >= 15 is 0 Å². The summed E-state index contributed by atoms with van der Waals surface area (Å²) < 4.78 is 16.7. The summed E-state index contributed by atoms with van der Waals surface area (Å²) in [5.41, 5.74) is 0.501. The van der Waals surface area contributed by atoms with E-state index in [0.717, 1.165) is 5.56 Å². The first kappa shape index (κ1) is 26.1. The zero-order valence-corrected chi connectivity index (χ0v) is 20.3. The fourth-order valence-corrected chi connectivity index (χ4v) is 3.52. The van der Waals surface area contributed by atoms with E-state index < -0.39 is 23.5 Å². The largest absolute Gasteiger partial charge is 0.465 e. The number of carbonyl (C=O) groups is 3. The number of hydrogen-bond donors (Lipinski definition) is 0. The van der Waals surface area contributed by atoms with Gasteiger partial charge in [-0.3, -0.25) is 4.79 Å². The van der Waals surface area contributed by atoms with Crippen molar-refractivity contribution in [1.82, 2.24) is 0 Å². The van der Waals surface area contributed by atoms with Crippen LogP contribution in [0.3, 0.4) is 0 Å². The first-order chi connectivity index (χ1) is 15.5. The molecular weight excluding hydrogens is 420 g/mol. The number of ether oxygens (including phenoxy) is 3. The van der Waals surface area contributed by atoms with Gasteiger partial charge in [-0.2, -0.15) is 0 Å². The molecule has 0 saturated heterocycles. The van der Waals surface area contributed by atoms with Crippen molar-refractivity contribution in [3.8, 4) is 0 Å². The maximum atomic E-state index is 13.1. The molecule has 2 aromatic rings. The third kappa shape index (κ3) is 7.45. The van der Waals surface area contributed by atoms with Crippen molar-refractivity contribution in [2.24, 2.45) is 17.3 Å². The highest BCUT2D eigenvalue weighted by molar-refractivity contribution is 6.03. The molecule has 178 valence electrons. The zero-order valence-electron chi connectivity index (χ0n) is 20.3. The van der Waals surface area contributed by atoms with Gasteiger partial charge in [-0.15, -0.1) is 0 Å². The summed E-state index contributed by atoms with van der Waals surface area (Å²) in [6.45, 7) is 11.4. The average Bonchev–Trinajstić information content (AvgIpc) is 2.79. The lowest BCUT2D eigenvalue weighted by Gasteiger charge is -2.36. The molecule has 0 N–H and O–H groups in total. The summed E-state index contributed by atoms with van der Waals surface area (Å²) in [6.07, 6.45) is -0.543. The topological polar surface area (TPSA) is 78.9 Å². The van der Waals surface area contributed by atoms with Crippen LogP contribution < -0.4 is 0 Å². The van der Waals surface area contributed by atoms with E-state index in [4.69, 9.17) is 14.2 Å². The number of hydrogen-bond acceptors (Lipinski definition) is 6. The van der Waals surface area contributed by atoms with Crippen molar-refractivity contribution < 1.29 is 28.6 Å². The standard InChI is InChI=1S/C27H34O6/c1-18(2)23(27(5,6)17-32-24(28)19(3)4)33-26(30)22-15-11-10-14-21(22)25(29)31-16-20-12-8-7-9-13-20/h7-15,18-19,23H,16-17H2,1-6H3. The molecule has 1 unspecified atom stereocenters. The molecule has 0 radical (unpaired) electrons. The monoisotopic (exact) mass is 454 g/mol. The van der Waals surface area contributed by atoms with Crippen LogP contribution >= 0.6 is 0 Å². The highest BCUT2D eigenvalue weighted by Crippen LogP contribution is 2.31. The van der Waals surface area contributed by atoms with Crippen LogP contribution in [0.25, 0.3) is 0 Å². The molecule has 0 amide bonds. The average molecular weight is 455 g/mol. The van der Waals surface area contributed by atoms with Crippen molar-refractivity contribution in [2.75, 3.05) is 6.61 Å². The smallest absolute Gasteiger partial charge is 0.339 e. The maximum Gasteiger partial charge on any atom is 0.339 e. The van der Waals surface area contributed by atoms with Gasteiger partial charge in [-0.1, -0.05) is 84.0 Å². The van der Waals surface area contributed by atoms with Gasteiger partial charge in [-0.25, -0.2) is 9.59 Å². The summed E-state index contributed by atoms with van der Waals surface area (Å²) in [5.74, 6) is -1.81. The number of carbonyl (C=O) groups excluding carboxylic acids is 3. The molecule has 0 saturated carbocycles. The van der Waals surface area contributed by atoms with Gasteiger partial charge < -0.3 is 14.2 Å². The van der Waals surface area contributed by atoms with Gasteiger partial charge in [0.1, 0.15) is 12.7 Å². The summed E-state index contributed by atoms with van der Waals surface area (Å²) in [7, 11) is 0. The first-order valence-corrected chi connectivity index (χ1v) is 11.2. The molecule has 0 aliphatic rings. The van der Waals surface area contributed by atoms with Crippen LogP contribution in [0.5, 0.6) is 0 Å². The van der Waals surface area contributed by atoms with Crippen molar-refractivity contribution in [3.63, 3.8) is 0 Å². The number of rotatable bonds is 10. The van der Waals surface area contributed by atoms with Gasteiger partial charge >= 0.3 is 17.9 Å². The SMILES string of the molecule is CC(C)C(=O)OCC(C)(C)C(OC(=O)c1ccccc1C(=O)OCc1ccccc1)C(C)C. The molecular formula is C27H34O6. The highest BCUT2D eigenvalue weighted by atomic mass is 16.6. The van der Waals surface area contributed by atoms with Crippen molar-refractivity contribution >= 4 is 17.9 Å². The van der Waals surface area contributed by atoms with E-state index in [-0.39, 0.29) is 42.1 Å². The second kappa shape index (κ2) is 11.6. The van der Waals surface area contributed by atoms with E-state index in [1.165, 1.54) is 0 Å². The molecule has 0 aliphatic heterocycles. The van der Waals surface area contributed by atoms with Crippen molar-refractivity contribution in [1.29, 1.82) is 0 Å². The van der Waals surface area contributed by atoms with Crippen LogP contribution in [0.15, 0.2) is 54.6 Å². The Morgan fingerprint density at radius 1 is 0.788 bits per heavy atom. The molecule has 6 heteroatoms. The second-order valence-corrected chi connectivity index (χ2v) is 9.43. The fraction of sp³-hybridized carbons (Fsp3) is 0.444. The minimum Gasteiger partial charge on any atom is -0.465 e. The Labute approximate surface area is 196 Å². The molecule has 0 bridgehead atoms. The maximum absolute atomic E-state index is 13.1. The van der Waals surface area contributed by atoms with Gasteiger partial charge in [0.05, 0.1) is 23.7 Å². The third-order valence-corrected chi connectivity index (χ3v) is 5.25. The van der Waals surface area contributed by atoms with E-state index in [9.17, 15) is 14.4 Å². The summed E-state index contributed by atoms with van der Waals surface area (Å²) >= 11 is 0. The lowest BCUT2D eigenvalue weighted by atomic mass is 9.81. The third-order valence-electron chi connectivity index (χ3n) is 5.25. The quantitative estimate of drug-likeness (QED) is 0.351. The Hall–Kier alpha value is -3.15. The minimum absolute atomic E-state index is 0.0427. The van der Waals surface area contributed by atoms with Crippen LogP contribution in [-0.2, 0) is 25.6 Å². The fourth-order valence-electron chi connectivity index (χ4n) is 3.52. The van der Waals surface area contributed by atoms with E-state index in [2.05, 4.69) is 0 Å². The molecule has 0 fully saturated rings. The molecule has 6 nitrogen and oxygen atoms in total. The van der Waals surface area contributed by atoms with Gasteiger partial charge in [0.2, 0.25) is 0 Å². The Balaban J connectivity index is 2.15. The van der Waals surface area contributed by atoms with Crippen LogP contribution in [-0.4, -0.2) is 30.6 Å². The Morgan fingerprint density at radius 2 is 1.33 bits per heavy atom. The molecule has 2 rings (SSSR count). The van der Waals surface area contributed by atoms with Crippen LogP contribution in [0.2, 0.25) is 0 Å². The van der Waals surface area contributed by atoms with Gasteiger partial charge in [0, 0.05) is 5.41 Å². The van der Waals surface area contributed by atoms with Crippen molar-refractivity contribution in [2.45, 2.75) is 54.3 Å². The lowest BCUT2D eigenvalue weighted by molar-refractivity contribution is -0.153. The van der Waals surface area contributed by atoms with E-state index in [1.54, 1.807) is 38.1 Å². The van der Waals surface area contributed by atoms with Crippen molar-refractivity contribution in [3.05, 3.63) is 71.3 Å². The summed E-state index contributed by atoms with van der Waals surface area (Å²) in [5, 5.41) is 0. The molecule has 0 aliphatic carbocycles. The highest BCUT2D eigenvalue weighted by Gasteiger charge is 2.37. The predicted molar refractivity (Wildman–Crippen MR) is 126 cm³/mol. The molecule has 0 heterocycles. The Morgan fingerprint density at radius 3 is 1.88 bits per heavy atom. The van der Waals surface area contributed by atoms with Crippen LogP contribution in [0.1, 0.15) is 67.8 Å². The normalized spacial score (nSPS) is 12.4. The van der Waals surface area contributed by atoms with Gasteiger partial charge in [-0.05, 0) is 23.6 Å². The first-order valence-electron chi connectivity index (χ1n) is 11.2. The van der Waals surface area contributed by atoms with Gasteiger partial charge in [0.15, 0.2) is 0 Å². The second-order valence-electron chi connectivity index (χ2n) is 9.43. The van der Waals surface area contributed by atoms with E-state index in [1.807, 2.05) is 58.0 Å². The molecule has 1 atom stereocenters. The summed E-state index contributed by atoms with van der Waals surface area (Å²) in [6, 6.07) is 15.8. The van der Waals surface area contributed by atoms with Crippen LogP contribution in [0.4, 0.5) is 0 Å². The zero-order chi connectivity index (χ0) is 24.6. The number of esters is 3. The molecule has 2 aromatic carbocycles. The van der Waals surface area contributed by atoms with E-state index in [0.29, 0.717) is 0 Å². The number of benzene rings is 2. The predicted octanol–water partition coefficient (Wildman–Crippen LogP) is 5.45. The summed E-state index contributed by atoms with van der Waals surface area (Å²) in [4.78, 5) is 37.8. The Kier molecular flexibility index (Phi) is 9.21. The molecule has 0 spiro atoms.